The maximum absolute atomic E-state index is 5.70. The van der Waals surface area contributed by atoms with E-state index in [1.54, 1.807) is 18.6 Å². The molecule has 0 fully saturated rings. The van der Waals surface area contributed by atoms with Gasteiger partial charge in [-0.3, -0.25) is 4.98 Å². The average molecular weight is 236 g/mol. The van der Waals surface area contributed by atoms with E-state index in [1.807, 2.05) is 18.2 Å². The van der Waals surface area contributed by atoms with Gasteiger partial charge < -0.3 is 5.73 Å². The lowest BCUT2D eigenvalue weighted by molar-refractivity contribution is 1.28. The third-order valence-electron chi connectivity index (χ3n) is 2.90. The Labute approximate surface area is 105 Å². The molecule has 0 saturated heterocycles. The van der Waals surface area contributed by atoms with Crippen LogP contribution in [-0.4, -0.2) is 15.0 Å². The van der Waals surface area contributed by atoms with Crippen molar-refractivity contribution in [3.8, 4) is 11.3 Å². The number of hydrogen-bond acceptors (Lipinski definition) is 4. The number of aryl methyl sites for hydroxylation is 1. The molecule has 3 aromatic rings. The Balaban J connectivity index is 2.24. The number of anilines is 1. The monoisotopic (exact) mass is 236 g/mol. The molecule has 2 N–H and O–H groups in total. The molecule has 4 nitrogen and oxygen atoms in total. The second-order valence-corrected chi connectivity index (χ2v) is 4.19. The van der Waals surface area contributed by atoms with Crippen LogP contribution in [-0.2, 0) is 0 Å². The van der Waals surface area contributed by atoms with Gasteiger partial charge >= 0.3 is 0 Å². The van der Waals surface area contributed by atoms with Crippen LogP contribution < -0.4 is 5.73 Å². The molecular weight excluding hydrogens is 224 g/mol. The predicted molar refractivity (Wildman–Crippen MR) is 71.9 cm³/mol. The molecule has 88 valence electrons. The minimum atomic E-state index is 0.498. The number of fused-ring (bicyclic) bond motifs is 1. The van der Waals surface area contributed by atoms with Crippen molar-refractivity contribution in [2.45, 2.75) is 6.92 Å². The molecule has 3 heterocycles. The van der Waals surface area contributed by atoms with E-state index in [9.17, 15) is 0 Å². The van der Waals surface area contributed by atoms with E-state index in [4.69, 9.17) is 5.73 Å². The van der Waals surface area contributed by atoms with E-state index in [-0.39, 0.29) is 0 Å². The van der Waals surface area contributed by atoms with Crippen LogP contribution in [0.2, 0.25) is 0 Å². The van der Waals surface area contributed by atoms with Gasteiger partial charge in [-0.15, -0.1) is 0 Å². The predicted octanol–water partition coefficient (Wildman–Crippen LogP) is 2.58. The highest BCUT2D eigenvalue weighted by molar-refractivity contribution is 5.84. The molecule has 0 aliphatic carbocycles. The molecule has 0 radical (unpaired) electrons. The van der Waals surface area contributed by atoms with Gasteiger partial charge in [0.2, 0.25) is 0 Å². The van der Waals surface area contributed by atoms with Crippen LogP contribution in [0.1, 0.15) is 5.56 Å². The van der Waals surface area contributed by atoms with E-state index >= 15 is 0 Å². The van der Waals surface area contributed by atoms with Crippen LogP contribution in [0.4, 0.5) is 5.82 Å². The molecule has 3 aromatic heterocycles. The fraction of sp³-hybridized carbons (Fsp3) is 0.0714. The number of nitrogens with two attached hydrogens (primary N) is 1. The van der Waals surface area contributed by atoms with Crippen LogP contribution >= 0.6 is 0 Å². The fourth-order valence-corrected chi connectivity index (χ4v) is 2.01. The van der Waals surface area contributed by atoms with Crippen molar-refractivity contribution in [2.24, 2.45) is 0 Å². The van der Waals surface area contributed by atoms with E-state index in [2.05, 4.69) is 27.9 Å². The smallest absolute Gasteiger partial charge is 0.123 e. The van der Waals surface area contributed by atoms with Gasteiger partial charge in [-0.2, -0.15) is 0 Å². The summed E-state index contributed by atoms with van der Waals surface area (Å²) in [6.07, 6.45) is 5.24. The zero-order chi connectivity index (χ0) is 12.5. The Hall–Kier alpha value is -2.49. The summed E-state index contributed by atoms with van der Waals surface area (Å²) in [6, 6.07) is 7.75. The molecule has 0 atom stereocenters. The first-order valence-electron chi connectivity index (χ1n) is 5.67. The number of rotatable bonds is 1. The first-order valence-corrected chi connectivity index (χ1v) is 5.67. The van der Waals surface area contributed by atoms with Gasteiger partial charge in [-0.05, 0) is 36.8 Å². The van der Waals surface area contributed by atoms with Crippen LogP contribution in [0.3, 0.4) is 0 Å². The summed E-state index contributed by atoms with van der Waals surface area (Å²) in [6.45, 7) is 2.07. The topological polar surface area (TPSA) is 64.7 Å². The van der Waals surface area contributed by atoms with Crippen LogP contribution in [0.5, 0.6) is 0 Å². The summed E-state index contributed by atoms with van der Waals surface area (Å²) in [7, 11) is 0. The quantitative estimate of drug-likeness (QED) is 0.705. The summed E-state index contributed by atoms with van der Waals surface area (Å²) >= 11 is 0. The Bertz CT molecular complexity index is 722. The van der Waals surface area contributed by atoms with Crippen molar-refractivity contribution < 1.29 is 0 Å². The summed E-state index contributed by atoms with van der Waals surface area (Å²) in [5, 5.41) is 1.12. The largest absolute Gasteiger partial charge is 0.384 e. The first kappa shape index (κ1) is 10.7. The average Bonchev–Trinajstić information content (AvgIpc) is 2.39. The summed E-state index contributed by atoms with van der Waals surface area (Å²) in [4.78, 5) is 12.7. The molecule has 0 bridgehead atoms. The lowest BCUT2D eigenvalue weighted by Crippen LogP contribution is -1.92. The van der Waals surface area contributed by atoms with E-state index in [1.165, 1.54) is 5.56 Å². The molecule has 18 heavy (non-hydrogen) atoms. The first-order chi connectivity index (χ1) is 8.74. The van der Waals surface area contributed by atoms with Gasteiger partial charge in [0.05, 0.1) is 17.4 Å². The van der Waals surface area contributed by atoms with Gasteiger partial charge in [0, 0.05) is 23.3 Å². The van der Waals surface area contributed by atoms with Crippen molar-refractivity contribution in [2.75, 3.05) is 5.73 Å². The molecule has 0 aromatic carbocycles. The summed E-state index contributed by atoms with van der Waals surface area (Å²) in [5.41, 5.74) is 9.62. The van der Waals surface area contributed by atoms with Gasteiger partial charge in [0.15, 0.2) is 0 Å². The molecule has 0 aliphatic heterocycles. The van der Waals surface area contributed by atoms with E-state index in [0.29, 0.717) is 5.82 Å². The lowest BCUT2D eigenvalue weighted by Gasteiger charge is -2.06. The Kier molecular flexibility index (Phi) is 2.41. The van der Waals surface area contributed by atoms with Crippen molar-refractivity contribution in [1.29, 1.82) is 0 Å². The minimum absolute atomic E-state index is 0.498. The zero-order valence-electron chi connectivity index (χ0n) is 9.96. The van der Waals surface area contributed by atoms with Crippen LogP contribution in [0, 0.1) is 6.92 Å². The van der Waals surface area contributed by atoms with Gasteiger partial charge in [-0.1, -0.05) is 0 Å². The molecule has 0 amide bonds. The van der Waals surface area contributed by atoms with Crippen molar-refractivity contribution in [3.05, 3.63) is 48.4 Å². The number of nitrogens with zero attached hydrogens (tertiary/aromatic N) is 3. The third-order valence-corrected chi connectivity index (χ3v) is 2.90. The lowest BCUT2D eigenvalue weighted by atomic mass is 10.1. The highest BCUT2D eigenvalue weighted by Gasteiger charge is 2.05. The Morgan fingerprint density at radius 3 is 2.83 bits per heavy atom. The van der Waals surface area contributed by atoms with Crippen LogP contribution in [0.25, 0.3) is 22.2 Å². The number of nitrogen functional groups attached to an aromatic ring is 1. The maximum atomic E-state index is 5.70. The molecule has 4 heteroatoms. The Morgan fingerprint density at radius 1 is 1.11 bits per heavy atom. The molecule has 0 aliphatic rings. The van der Waals surface area contributed by atoms with E-state index in [0.717, 1.165) is 22.2 Å². The van der Waals surface area contributed by atoms with Crippen molar-refractivity contribution >= 4 is 16.7 Å². The molecule has 3 rings (SSSR count). The van der Waals surface area contributed by atoms with Crippen LogP contribution in [0.15, 0.2) is 42.9 Å². The number of aromatic nitrogens is 3. The van der Waals surface area contributed by atoms with Gasteiger partial charge in [0.1, 0.15) is 5.82 Å². The minimum Gasteiger partial charge on any atom is -0.384 e. The van der Waals surface area contributed by atoms with Gasteiger partial charge in [-0.25, -0.2) is 9.97 Å². The second kappa shape index (κ2) is 4.07. The standard InChI is InChI=1S/C14H12N4/c1-9-6-12(10-2-5-17-14(15)7-10)18-13-8-16-4-3-11(9)13/h2-8H,1H3,(H2,15,17). The highest BCUT2D eigenvalue weighted by Crippen LogP contribution is 2.24. The number of hydrogen-bond donors (Lipinski definition) is 1. The maximum Gasteiger partial charge on any atom is 0.123 e. The fourth-order valence-electron chi connectivity index (χ4n) is 2.01. The molecule has 0 unspecified atom stereocenters. The zero-order valence-corrected chi connectivity index (χ0v) is 9.96. The van der Waals surface area contributed by atoms with Gasteiger partial charge in [0.25, 0.3) is 0 Å². The highest BCUT2D eigenvalue weighted by atomic mass is 14.8. The second-order valence-electron chi connectivity index (χ2n) is 4.19. The SMILES string of the molecule is Cc1cc(-c2ccnc(N)c2)nc2cnccc12. The van der Waals surface area contributed by atoms with E-state index < -0.39 is 0 Å². The summed E-state index contributed by atoms with van der Waals surface area (Å²) < 4.78 is 0. The van der Waals surface area contributed by atoms with Crippen molar-refractivity contribution in [3.63, 3.8) is 0 Å². The molecule has 0 spiro atoms. The normalized spacial score (nSPS) is 10.7. The molecular formula is C14H12N4. The summed E-state index contributed by atoms with van der Waals surface area (Å²) in [5.74, 6) is 0.498. The number of pyridine rings is 3. The van der Waals surface area contributed by atoms with Crippen molar-refractivity contribution in [1.82, 2.24) is 15.0 Å². The third kappa shape index (κ3) is 1.78. The Morgan fingerprint density at radius 2 is 2.00 bits per heavy atom. The molecule has 0 saturated carbocycles.